The Kier molecular flexibility index (Phi) is 5.37. The van der Waals surface area contributed by atoms with Gasteiger partial charge in [-0.2, -0.15) is 17.0 Å². The maximum absolute atomic E-state index is 12.3. The van der Waals surface area contributed by atoms with Gasteiger partial charge in [0.05, 0.1) is 0 Å². The monoisotopic (exact) mass is 263 g/mol. The van der Waals surface area contributed by atoms with Gasteiger partial charge in [-0.1, -0.05) is 6.92 Å². The topological polar surface area (TPSA) is 66.6 Å². The van der Waals surface area contributed by atoms with Gasteiger partial charge in [-0.15, -0.1) is 0 Å². The number of nitrogens with zero attached hydrogens (tertiary/aromatic N) is 2. The molecule has 1 heterocycles. The Morgan fingerprint density at radius 3 is 2.71 bits per heavy atom. The minimum Gasteiger partial charge on any atom is -0.328 e. The highest BCUT2D eigenvalue weighted by Gasteiger charge is 2.32. The molecule has 1 fully saturated rings. The van der Waals surface area contributed by atoms with Crippen LogP contribution in [-0.4, -0.2) is 49.8 Å². The molecule has 0 aliphatic carbocycles. The van der Waals surface area contributed by atoms with Gasteiger partial charge >= 0.3 is 0 Å². The molecular weight excluding hydrogens is 238 g/mol. The molecule has 102 valence electrons. The van der Waals surface area contributed by atoms with Gasteiger partial charge < -0.3 is 5.73 Å². The fourth-order valence-electron chi connectivity index (χ4n) is 2.24. The molecule has 1 aliphatic heterocycles. The van der Waals surface area contributed by atoms with Gasteiger partial charge in [0.15, 0.2) is 0 Å². The normalized spacial score (nSPS) is 25.1. The van der Waals surface area contributed by atoms with Crippen LogP contribution in [0.1, 0.15) is 33.1 Å². The maximum atomic E-state index is 12.3. The van der Waals surface area contributed by atoms with Crippen molar-refractivity contribution in [2.24, 2.45) is 11.7 Å². The first-order chi connectivity index (χ1) is 7.89. The molecule has 2 atom stereocenters. The van der Waals surface area contributed by atoms with Gasteiger partial charge in [0, 0.05) is 32.7 Å². The lowest BCUT2D eigenvalue weighted by molar-refractivity contribution is 0.231. The zero-order valence-electron chi connectivity index (χ0n) is 11.1. The Balaban J connectivity index is 2.71. The first kappa shape index (κ1) is 14.9. The van der Waals surface area contributed by atoms with E-state index in [4.69, 9.17) is 5.73 Å². The van der Waals surface area contributed by atoms with Crippen LogP contribution in [-0.2, 0) is 10.2 Å². The smallest absolute Gasteiger partial charge is 0.281 e. The van der Waals surface area contributed by atoms with Crippen LogP contribution >= 0.6 is 0 Å². The molecule has 0 spiro atoms. The van der Waals surface area contributed by atoms with E-state index in [9.17, 15) is 8.42 Å². The van der Waals surface area contributed by atoms with Crippen LogP contribution in [0.4, 0.5) is 0 Å². The van der Waals surface area contributed by atoms with E-state index < -0.39 is 10.2 Å². The van der Waals surface area contributed by atoms with E-state index in [1.807, 2.05) is 13.8 Å². The van der Waals surface area contributed by atoms with Crippen molar-refractivity contribution in [1.29, 1.82) is 0 Å². The van der Waals surface area contributed by atoms with Crippen LogP contribution < -0.4 is 5.73 Å². The molecule has 0 amide bonds. The summed E-state index contributed by atoms with van der Waals surface area (Å²) in [4.78, 5) is 0. The molecule has 0 aromatic rings. The van der Waals surface area contributed by atoms with Crippen LogP contribution in [0.25, 0.3) is 0 Å². The molecule has 5 nitrogen and oxygen atoms in total. The van der Waals surface area contributed by atoms with Crippen molar-refractivity contribution < 1.29 is 8.42 Å². The van der Waals surface area contributed by atoms with Crippen LogP contribution in [0, 0.1) is 5.92 Å². The van der Waals surface area contributed by atoms with Crippen LogP contribution in [0.3, 0.4) is 0 Å². The third kappa shape index (κ3) is 3.64. The van der Waals surface area contributed by atoms with Crippen molar-refractivity contribution in [3.8, 4) is 0 Å². The number of hydrogen-bond donors (Lipinski definition) is 1. The zero-order valence-corrected chi connectivity index (χ0v) is 11.9. The molecule has 0 aromatic carbocycles. The average Bonchev–Trinajstić information content (AvgIpc) is 2.29. The predicted octanol–water partition coefficient (Wildman–Crippen LogP) is 0.632. The largest absolute Gasteiger partial charge is 0.328 e. The van der Waals surface area contributed by atoms with Gasteiger partial charge in [0.1, 0.15) is 0 Å². The Morgan fingerprint density at radius 1 is 1.53 bits per heavy atom. The molecule has 0 bridgehead atoms. The van der Waals surface area contributed by atoms with Gasteiger partial charge in [-0.25, -0.2) is 0 Å². The van der Waals surface area contributed by atoms with Crippen molar-refractivity contribution in [3.05, 3.63) is 0 Å². The Bertz CT molecular complexity index is 330. The molecule has 1 rings (SSSR count). The van der Waals surface area contributed by atoms with Crippen molar-refractivity contribution in [1.82, 2.24) is 8.61 Å². The second-order valence-corrected chi connectivity index (χ2v) is 6.98. The predicted molar refractivity (Wildman–Crippen MR) is 69.8 cm³/mol. The third-order valence-electron chi connectivity index (χ3n) is 3.42. The fourth-order valence-corrected chi connectivity index (χ4v) is 3.79. The van der Waals surface area contributed by atoms with E-state index in [-0.39, 0.29) is 12.0 Å². The minimum absolute atomic E-state index is 0.0597. The van der Waals surface area contributed by atoms with Gasteiger partial charge in [-0.05, 0) is 32.1 Å². The summed E-state index contributed by atoms with van der Waals surface area (Å²) >= 11 is 0. The summed E-state index contributed by atoms with van der Waals surface area (Å²) in [6.07, 6.45) is 2.77. The second-order valence-electron chi connectivity index (χ2n) is 4.95. The van der Waals surface area contributed by atoms with Crippen LogP contribution in [0.2, 0.25) is 0 Å². The van der Waals surface area contributed by atoms with Gasteiger partial charge in [-0.3, -0.25) is 0 Å². The summed E-state index contributed by atoms with van der Waals surface area (Å²) < 4.78 is 27.5. The van der Waals surface area contributed by atoms with Crippen molar-refractivity contribution in [2.45, 2.75) is 39.2 Å². The zero-order chi connectivity index (χ0) is 13.1. The Morgan fingerprint density at radius 2 is 2.18 bits per heavy atom. The molecule has 2 N–H and O–H groups in total. The molecule has 0 aromatic heterocycles. The molecule has 6 heteroatoms. The summed E-state index contributed by atoms with van der Waals surface area (Å²) in [7, 11) is -1.63. The van der Waals surface area contributed by atoms with E-state index in [0.717, 1.165) is 19.3 Å². The van der Waals surface area contributed by atoms with Crippen molar-refractivity contribution in [3.63, 3.8) is 0 Å². The quantitative estimate of drug-likeness (QED) is 0.791. The first-order valence-corrected chi connectivity index (χ1v) is 7.76. The maximum Gasteiger partial charge on any atom is 0.281 e. The highest BCUT2D eigenvalue weighted by molar-refractivity contribution is 7.86. The Labute approximate surface area is 105 Å². The number of piperidine rings is 1. The standard InChI is InChI=1S/C11H25N3O2S/c1-4-7-13(3)17(15,16)14-8-5-6-11(9-14)10(2)12/h10-11H,4-9,12H2,1-3H3. The van der Waals surface area contributed by atoms with E-state index in [1.54, 1.807) is 11.4 Å². The first-order valence-electron chi connectivity index (χ1n) is 6.36. The fraction of sp³-hybridized carbons (Fsp3) is 1.00. The molecule has 2 unspecified atom stereocenters. The number of nitrogens with two attached hydrogens (primary N) is 1. The third-order valence-corrected chi connectivity index (χ3v) is 5.38. The van der Waals surface area contributed by atoms with E-state index in [0.29, 0.717) is 19.6 Å². The highest BCUT2D eigenvalue weighted by Crippen LogP contribution is 2.22. The van der Waals surface area contributed by atoms with Crippen molar-refractivity contribution in [2.75, 3.05) is 26.7 Å². The summed E-state index contributed by atoms with van der Waals surface area (Å²) in [6, 6.07) is 0.0597. The lowest BCUT2D eigenvalue weighted by Crippen LogP contribution is -2.49. The highest BCUT2D eigenvalue weighted by atomic mass is 32.2. The molecular formula is C11H25N3O2S. The number of hydrogen-bond acceptors (Lipinski definition) is 3. The lowest BCUT2D eigenvalue weighted by Gasteiger charge is -2.35. The van der Waals surface area contributed by atoms with E-state index in [1.165, 1.54) is 4.31 Å². The molecule has 0 radical (unpaired) electrons. The average molecular weight is 263 g/mol. The summed E-state index contributed by atoms with van der Waals surface area (Å²) in [5, 5.41) is 0. The summed E-state index contributed by atoms with van der Waals surface area (Å²) in [5.74, 6) is 0.286. The van der Waals surface area contributed by atoms with E-state index in [2.05, 4.69) is 0 Å². The van der Waals surface area contributed by atoms with Gasteiger partial charge in [0.2, 0.25) is 0 Å². The minimum atomic E-state index is -3.28. The molecule has 17 heavy (non-hydrogen) atoms. The van der Waals surface area contributed by atoms with Crippen LogP contribution in [0.15, 0.2) is 0 Å². The Hall–Kier alpha value is -0.170. The number of rotatable bonds is 5. The second kappa shape index (κ2) is 6.13. The lowest BCUT2D eigenvalue weighted by atomic mass is 9.93. The summed E-state index contributed by atoms with van der Waals surface area (Å²) in [6.45, 7) is 5.69. The van der Waals surface area contributed by atoms with Crippen molar-refractivity contribution >= 4 is 10.2 Å². The van der Waals surface area contributed by atoms with E-state index >= 15 is 0 Å². The SMILES string of the molecule is CCCN(C)S(=O)(=O)N1CCCC(C(C)N)C1. The van der Waals surface area contributed by atoms with Gasteiger partial charge in [0.25, 0.3) is 10.2 Å². The molecule has 0 saturated carbocycles. The molecule has 1 aliphatic rings. The summed E-state index contributed by atoms with van der Waals surface area (Å²) in [5.41, 5.74) is 5.87. The van der Waals surface area contributed by atoms with Crippen LogP contribution in [0.5, 0.6) is 0 Å². The molecule has 1 saturated heterocycles.